The Morgan fingerprint density at radius 2 is 1.87 bits per heavy atom. The molecule has 2 N–H and O–H groups in total. The predicted octanol–water partition coefficient (Wildman–Crippen LogP) is 4.34. The Bertz CT molecular complexity index is 1160. The summed E-state index contributed by atoms with van der Waals surface area (Å²) in [6.07, 6.45) is 6.57. The fourth-order valence-electron chi connectivity index (χ4n) is 2.77. The molecule has 1 amide bonds. The Morgan fingerprint density at radius 1 is 1.19 bits per heavy atom. The number of hydrogen-bond donors (Lipinski definition) is 2. The summed E-state index contributed by atoms with van der Waals surface area (Å²) in [4.78, 5) is 24.0. The van der Waals surface area contributed by atoms with E-state index in [1.165, 1.54) is 18.3 Å². The number of carboxylic acid groups (broad SMARTS) is 1. The highest BCUT2D eigenvalue weighted by Crippen LogP contribution is 2.24. The lowest BCUT2D eigenvalue weighted by molar-refractivity contribution is -0.139. The topological polar surface area (TPSA) is 108 Å². The van der Waals surface area contributed by atoms with Gasteiger partial charge in [-0.2, -0.15) is 10.4 Å². The number of nitrogens with zero attached hydrogens (tertiary/aromatic N) is 3. The van der Waals surface area contributed by atoms with E-state index in [-0.39, 0.29) is 22.0 Å². The maximum atomic E-state index is 12.4. The molecule has 1 atom stereocenters. The van der Waals surface area contributed by atoms with Gasteiger partial charge in [-0.3, -0.25) is 4.79 Å². The fraction of sp³-hybridized carbons (Fsp3) is 0.0909. The first-order valence-electron chi connectivity index (χ1n) is 9.08. The van der Waals surface area contributed by atoms with Crippen LogP contribution in [0.2, 0.25) is 10.0 Å². The SMILES string of the molecule is N#Cc1cnn(-c2ccc(/C=C/CC(NC(=O)c3c(Cl)cccc3Cl)C(=O)O)cc2)c1. The number of hydrogen-bond acceptors (Lipinski definition) is 4. The van der Waals surface area contributed by atoms with Crippen molar-refractivity contribution in [2.75, 3.05) is 0 Å². The number of carbonyl (C=O) groups excluding carboxylic acids is 1. The Balaban J connectivity index is 1.65. The van der Waals surface area contributed by atoms with Gasteiger partial charge in [-0.15, -0.1) is 0 Å². The van der Waals surface area contributed by atoms with Gasteiger partial charge in [0.05, 0.1) is 33.1 Å². The molecule has 3 rings (SSSR count). The van der Waals surface area contributed by atoms with Crippen LogP contribution in [0.5, 0.6) is 0 Å². The third kappa shape index (κ3) is 5.51. The van der Waals surface area contributed by atoms with Crippen molar-refractivity contribution < 1.29 is 14.7 Å². The van der Waals surface area contributed by atoms with Crippen LogP contribution in [0.25, 0.3) is 11.8 Å². The molecule has 1 unspecified atom stereocenters. The Labute approximate surface area is 188 Å². The summed E-state index contributed by atoms with van der Waals surface area (Å²) in [5.74, 6) is -1.83. The first-order valence-corrected chi connectivity index (χ1v) is 9.84. The van der Waals surface area contributed by atoms with E-state index in [0.29, 0.717) is 5.56 Å². The average molecular weight is 455 g/mol. The summed E-state index contributed by atoms with van der Waals surface area (Å²) in [6, 6.07) is 12.8. The molecule has 0 spiro atoms. The van der Waals surface area contributed by atoms with Gasteiger partial charge in [0, 0.05) is 6.20 Å². The zero-order valence-electron chi connectivity index (χ0n) is 16.0. The molecule has 0 aliphatic carbocycles. The van der Waals surface area contributed by atoms with Crippen molar-refractivity contribution in [2.24, 2.45) is 0 Å². The highest BCUT2D eigenvalue weighted by molar-refractivity contribution is 6.39. The number of aliphatic carboxylic acids is 1. The van der Waals surface area contributed by atoms with Crippen LogP contribution in [0.4, 0.5) is 0 Å². The summed E-state index contributed by atoms with van der Waals surface area (Å²) >= 11 is 12.0. The molecule has 0 aliphatic heterocycles. The largest absolute Gasteiger partial charge is 0.480 e. The molecule has 31 heavy (non-hydrogen) atoms. The molecule has 2 aromatic carbocycles. The molecule has 9 heteroatoms. The Hall–Kier alpha value is -3.60. The number of nitrogens with one attached hydrogen (secondary N) is 1. The first-order chi connectivity index (χ1) is 14.9. The molecule has 0 bridgehead atoms. The second kappa shape index (κ2) is 9.94. The Morgan fingerprint density at radius 3 is 2.45 bits per heavy atom. The smallest absolute Gasteiger partial charge is 0.326 e. The van der Waals surface area contributed by atoms with Crippen LogP contribution in [0.1, 0.15) is 27.9 Å². The van der Waals surface area contributed by atoms with Crippen LogP contribution in [0.15, 0.2) is 60.9 Å². The van der Waals surface area contributed by atoms with E-state index in [0.717, 1.165) is 11.3 Å². The van der Waals surface area contributed by atoms with E-state index in [2.05, 4.69) is 10.4 Å². The number of aromatic nitrogens is 2. The lowest BCUT2D eigenvalue weighted by atomic mass is 10.1. The van der Waals surface area contributed by atoms with E-state index in [9.17, 15) is 14.7 Å². The van der Waals surface area contributed by atoms with Crippen LogP contribution >= 0.6 is 23.2 Å². The number of carbonyl (C=O) groups is 2. The number of rotatable bonds is 7. The van der Waals surface area contributed by atoms with Crippen molar-refractivity contribution in [3.8, 4) is 11.8 Å². The van der Waals surface area contributed by atoms with Gasteiger partial charge in [-0.25, -0.2) is 9.48 Å². The predicted molar refractivity (Wildman–Crippen MR) is 117 cm³/mol. The second-order valence-electron chi connectivity index (χ2n) is 6.48. The van der Waals surface area contributed by atoms with E-state index in [1.54, 1.807) is 29.1 Å². The zero-order valence-corrected chi connectivity index (χ0v) is 17.5. The van der Waals surface area contributed by atoms with Crippen molar-refractivity contribution in [1.29, 1.82) is 5.26 Å². The van der Waals surface area contributed by atoms with Gasteiger partial charge in [0.25, 0.3) is 5.91 Å². The molecule has 7 nitrogen and oxygen atoms in total. The summed E-state index contributed by atoms with van der Waals surface area (Å²) in [7, 11) is 0. The number of halogens is 2. The maximum absolute atomic E-state index is 12.4. The van der Waals surface area contributed by atoms with Crippen molar-refractivity contribution in [1.82, 2.24) is 15.1 Å². The van der Waals surface area contributed by atoms with E-state index in [4.69, 9.17) is 28.5 Å². The maximum Gasteiger partial charge on any atom is 0.326 e. The van der Waals surface area contributed by atoms with Crippen LogP contribution in [0, 0.1) is 11.3 Å². The average Bonchev–Trinajstić information content (AvgIpc) is 3.22. The van der Waals surface area contributed by atoms with Gasteiger partial charge >= 0.3 is 5.97 Å². The number of amides is 1. The highest BCUT2D eigenvalue weighted by Gasteiger charge is 2.22. The van der Waals surface area contributed by atoms with Crippen LogP contribution in [-0.4, -0.2) is 32.8 Å². The van der Waals surface area contributed by atoms with Crippen LogP contribution in [-0.2, 0) is 4.79 Å². The molecular weight excluding hydrogens is 439 g/mol. The molecular formula is C22H16Cl2N4O3. The van der Waals surface area contributed by atoms with E-state index >= 15 is 0 Å². The Kier molecular flexibility index (Phi) is 7.08. The summed E-state index contributed by atoms with van der Waals surface area (Å²) in [5.41, 5.74) is 2.12. The quantitative estimate of drug-likeness (QED) is 0.551. The fourth-order valence-corrected chi connectivity index (χ4v) is 3.34. The highest BCUT2D eigenvalue weighted by atomic mass is 35.5. The third-order valence-corrected chi connectivity index (χ3v) is 4.97. The van der Waals surface area contributed by atoms with Gasteiger partial charge in [0.15, 0.2) is 0 Å². The number of nitriles is 1. The van der Waals surface area contributed by atoms with Crippen LogP contribution in [0.3, 0.4) is 0 Å². The lowest BCUT2D eigenvalue weighted by Gasteiger charge is -2.14. The van der Waals surface area contributed by atoms with Gasteiger partial charge < -0.3 is 10.4 Å². The molecule has 1 heterocycles. The normalized spacial score (nSPS) is 11.8. The van der Waals surface area contributed by atoms with Gasteiger partial charge in [0.2, 0.25) is 0 Å². The minimum Gasteiger partial charge on any atom is -0.480 e. The molecule has 0 saturated carbocycles. The summed E-state index contributed by atoms with van der Waals surface area (Å²) in [6.45, 7) is 0. The number of benzene rings is 2. The standard InChI is InChI=1S/C22H16Cl2N4O3/c23-17-4-2-5-18(24)20(17)21(29)27-19(22(30)31)6-1-3-14-7-9-16(10-8-14)28-13-15(11-25)12-26-28/h1-5,7-10,12-13,19H,6H2,(H,27,29)(H,30,31)/b3-1+. The number of carboxylic acids is 1. The molecule has 1 aromatic heterocycles. The van der Waals surface area contributed by atoms with Crippen molar-refractivity contribution in [2.45, 2.75) is 12.5 Å². The zero-order chi connectivity index (χ0) is 22.4. The molecule has 3 aromatic rings. The molecule has 0 fully saturated rings. The van der Waals surface area contributed by atoms with Gasteiger partial charge in [0.1, 0.15) is 12.1 Å². The van der Waals surface area contributed by atoms with E-state index in [1.807, 2.05) is 30.3 Å². The minimum absolute atomic E-state index is 0.0369. The first kappa shape index (κ1) is 22.1. The molecule has 0 radical (unpaired) electrons. The summed E-state index contributed by atoms with van der Waals surface area (Å²) in [5, 5.41) is 25.2. The monoisotopic (exact) mass is 454 g/mol. The molecule has 0 saturated heterocycles. The molecule has 156 valence electrons. The van der Waals surface area contributed by atoms with Gasteiger partial charge in [-0.1, -0.05) is 53.6 Å². The van der Waals surface area contributed by atoms with Crippen molar-refractivity contribution in [3.63, 3.8) is 0 Å². The second-order valence-corrected chi connectivity index (χ2v) is 7.29. The molecule has 0 aliphatic rings. The third-order valence-electron chi connectivity index (χ3n) is 4.34. The van der Waals surface area contributed by atoms with Gasteiger partial charge in [-0.05, 0) is 36.2 Å². The van der Waals surface area contributed by atoms with E-state index < -0.39 is 17.9 Å². The summed E-state index contributed by atoms with van der Waals surface area (Å²) < 4.78 is 1.59. The van der Waals surface area contributed by atoms with Crippen LogP contribution < -0.4 is 5.32 Å². The van der Waals surface area contributed by atoms with Crippen molar-refractivity contribution in [3.05, 3.63) is 87.7 Å². The lowest BCUT2D eigenvalue weighted by Crippen LogP contribution is -2.40. The van der Waals surface area contributed by atoms with Crippen molar-refractivity contribution >= 4 is 41.2 Å². The minimum atomic E-state index is -1.18.